The SMILES string of the molecule is CCCC(COC)NC(=O)c1ccnc(CN)c1. The minimum Gasteiger partial charge on any atom is -0.383 e. The van der Waals surface area contributed by atoms with Crippen molar-refractivity contribution in [3.63, 3.8) is 0 Å². The highest BCUT2D eigenvalue weighted by molar-refractivity contribution is 5.94. The Hall–Kier alpha value is -1.46. The van der Waals surface area contributed by atoms with Crippen LogP contribution in [0.4, 0.5) is 0 Å². The molecule has 0 radical (unpaired) electrons. The smallest absolute Gasteiger partial charge is 0.251 e. The Morgan fingerprint density at radius 1 is 1.61 bits per heavy atom. The number of aromatic nitrogens is 1. The van der Waals surface area contributed by atoms with E-state index < -0.39 is 0 Å². The molecule has 100 valence electrons. The molecule has 1 aromatic rings. The number of rotatable bonds is 7. The molecule has 18 heavy (non-hydrogen) atoms. The summed E-state index contributed by atoms with van der Waals surface area (Å²) in [4.78, 5) is 16.1. The van der Waals surface area contributed by atoms with E-state index in [1.807, 2.05) is 0 Å². The van der Waals surface area contributed by atoms with Crippen LogP contribution < -0.4 is 11.1 Å². The highest BCUT2D eigenvalue weighted by Crippen LogP contribution is 2.04. The van der Waals surface area contributed by atoms with E-state index in [9.17, 15) is 4.79 Å². The largest absolute Gasteiger partial charge is 0.383 e. The molecule has 0 aliphatic rings. The summed E-state index contributed by atoms with van der Waals surface area (Å²) in [6.07, 6.45) is 3.50. The first-order chi connectivity index (χ1) is 8.71. The van der Waals surface area contributed by atoms with Gasteiger partial charge in [0, 0.05) is 25.4 Å². The summed E-state index contributed by atoms with van der Waals surface area (Å²) in [5.41, 5.74) is 6.80. The van der Waals surface area contributed by atoms with Gasteiger partial charge in [0.05, 0.1) is 18.3 Å². The molecule has 0 aliphatic carbocycles. The molecule has 1 aromatic heterocycles. The third-order valence-electron chi connectivity index (χ3n) is 2.63. The van der Waals surface area contributed by atoms with Crippen LogP contribution in [0.2, 0.25) is 0 Å². The number of ether oxygens (including phenoxy) is 1. The van der Waals surface area contributed by atoms with Gasteiger partial charge < -0.3 is 15.8 Å². The Morgan fingerprint density at radius 3 is 3.00 bits per heavy atom. The van der Waals surface area contributed by atoms with Crippen molar-refractivity contribution in [3.05, 3.63) is 29.6 Å². The highest BCUT2D eigenvalue weighted by atomic mass is 16.5. The zero-order chi connectivity index (χ0) is 13.4. The lowest BCUT2D eigenvalue weighted by Gasteiger charge is -2.17. The summed E-state index contributed by atoms with van der Waals surface area (Å²) in [5, 5.41) is 2.95. The van der Waals surface area contributed by atoms with E-state index >= 15 is 0 Å². The number of hydrogen-bond acceptors (Lipinski definition) is 4. The molecule has 0 aliphatic heterocycles. The standard InChI is InChI=1S/C13H21N3O2/c1-3-4-11(9-18-2)16-13(17)10-5-6-15-12(7-10)8-14/h5-7,11H,3-4,8-9,14H2,1-2H3,(H,16,17). The fourth-order valence-electron chi connectivity index (χ4n) is 1.75. The Morgan fingerprint density at radius 2 is 2.39 bits per heavy atom. The predicted octanol–water partition coefficient (Wildman–Crippen LogP) is 1.09. The second-order valence-electron chi connectivity index (χ2n) is 4.15. The number of nitrogens with two attached hydrogens (primary N) is 1. The maximum absolute atomic E-state index is 12.0. The first-order valence-electron chi connectivity index (χ1n) is 6.16. The second-order valence-corrected chi connectivity index (χ2v) is 4.15. The lowest BCUT2D eigenvalue weighted by Crippen LogP contribution is -2.38. The second kappa shape index (κ2) is 7.79. The van der Waals surface area contributed by atoms with Gasteiger partial charge in [-0.1, -0.05) is 13.3 Å². The molecule has 0 saturated carbocycles. The van der Waals surface area contributed by atoms with Crippen molar-refractivity contribution in [2.24, 2.45) is 5.73 Å². The van der Waals surface area contributed by atoms with Gasteiger partial charge >= 0.3 is 0 Å². The zero-order valence-electron chi connectivity index (χ0n) is 11.0. The van der Waals surface area contributed by atoms with Crippen molar-refractivity contribution in [2.75, 3.05) is 13.7 Å². The topological polar surface area (TPSA) is 77.2 Å². The Balaban J connectivity index is 2.67. The van der Waals surface area contributed by atoms with Crippen molar-refractivity contribution in [1.29, 1.82) is 0 Å². The summed E-state index contributed by atoms with van der Waals surface area (Å²) in [6.45, 7) is 2.93. The third-order valence-corrected chi connectivity index (χ3v) is 2.63. The van der Waals surface area contributed by atoms with Gasteiger partial charge in [0.15, 0.2) is 0 Å². The fourth-order valence-corrected chi connectivity index (χ4v) is 1.75. The van der Waals surface area contributed by atoms with Gasteiger partial charge in [-0.3, -0.25) is 9.78 Å². The Labute approximate surface area is 108 Å². The maximum atomic E-state index is 12.0. The number of pyridine rings is 1. The van der Waals surface area contributed by atoms with E-state index in [4.69, 9.17) is 10.5 Å². The monoisotopic (exact) mass is 251 g/mol. The van der Waals surface area contributed by atoms with E-state index in [-0.39, 0.29) is 11.9 Å². The van der Waals surface area contributed by atoms with Crippen LogP contribution in [0.15, 0.2) is 18.3 Å². The number of hydrogen-bond donors (Lipinski definition) is 2. The fraction of sp³-hybridized carbons (Fsp3) is 0.538. The Bertz CT molecular complexity index is 376. The van der Waals surface area contributed by atoms with E-state index in [0.29, 0.717) is 24.4 Å². The quantitative estimate of drug-likeness (QED) is 0.760. The average Bonchev–Trinajstić information content (AvgIpc) is 2.39. The molecule has 1 unspecified atom stereocenters. The van der Waals surface area contributed by atoms with Crippen LogP contribution in [0, 0.1) is 0 Å². The molecule has 3 N–H and O–H groups in total. The molecule has 5 heteroatoms. The summed E-state index contributed by atoms with van der Waals surface area (Å²) in [6, 6.07) is 3.44. The number of carbonyl (C=O) groups excluding carboxylic acids is 1. The number of methoxy groups -OCH3 is 1. The van der Waals surface area contributed by atoms with E-state index in [1.54, 1.807) is 25.4 Å². The predicted molar refractivity (Wildman–Crippen MR) is 70.2 cm³/mol. The van der Waals surface area contributed by atoms with Gasteiger partial charge in [-0.15, -0.1) is 0 Å². The van der Waals surface area contributed by atoms with Crippen LogP contribution >= 0.6 is 0 Å². The van der Waals surface area contributed by atoms with Crippen LogP contribution in [-0.2, 0) is 11.3 Å². The molecule has 1 atom stereocenters. The summed E-state index contributed by atoms with van der Waals surface area (Å²) < 4.78 is 5.09. The van der Waals surface area contributed by atoms with Crippen molar-refractivity contribution in [3.8, 4) is 0 Å². The van der Waals surface area contributed by atoms with Gasteiger partial charge in [0.2, 0.25) is 0 Å². The molecule has 0 bridgehead atoms. The van der Waals surface area contributed by atoms with E-state index in [0.717, 1.165) is 12.8 Å². The van der Waals surface area contributed by atoms with Crippen LogP contribution in [0.1, 0.15) is 35.8 Å². The molecule has 0 saturated heterocycles. The first-order valence-corrected chi connectivity index (χ1v) is 6.16. The van der Waals surface area contributed by atoms with Gasteiger partial charge in [0.25, 0.3) is 5.91 Å². The summed E-state index contributed by atoms with van der Waals surface area (Å²) >= 11 is 0. The third kappa shape index (κ3) is 4.43. The van der Waals surface area contributed by atoms with Crippen LogP contribution in [0.25, 0.3) is 0 Å². The minimum atomic E-state index is -0.109. The summed E-state index contributed by atoms with van der Waals surface area (Å²) in [5.74, 6) is -0.109. The Kier molecular flexibility index (Phi) is 6.32. The van der Waals surface area contributed by atoms with Gasteiger partial charge in [-0.2, -0.15) is 0 Å². The van der Waals surface area contributed by atoms with Gasteiger partial charge in [-0.25, -0.2) is 0 Å². The van der Waals surface area contributed by atoms with E-state index in [1.165, 1.54) is 0 Å². The zero-order valence-corrected chi connectivity index (χ0v) is 11.0. The van der Waals surface area contributed by atoms with E-state index in [2.05, 4.69) is 17.2 Å². The summed E-state index contributed by atoms with van der Waals surface area (Å²) in [7, 11) is 1.63. The molecule has 0 aromatic carbocycles. The van der Waals surface area contributed by atoms with Crippen LogP contribution in [0.3, 0.4) is 0 Å². The normalized spacial score (nSPS) is 12.2. The lowest BCUT2D eigenvalue weighted by molar-refractivity contribution is 0.0891. The van der Waals surface area contributed by atoms with Crippen LogP contribution in [0.5, 0.6) is 0 Å². The molecule has 0 spiro atoms. The average molecular weight is 251 g/mol. The molecule has 1 rings (SSSR count). The molecule has 1 heterocycles. The first kappa shape index (κ1) is 14.6. The maximum Gasteiger partial charge on any atom is 0.251 e. The van der Waals surface area contributed by atoms with Gasteiger partial charge in [-0.05, 0) is 18.6 Å². The van der Waals surface area contributed by atoms with Crippen molar-refractivity contribution >= 4 is 5.91 Å². The van der Waals surface area contributed by atoms with Crippen molar-refractivity contribution in [1.82, 2.24) is 10.3 Å². The number of carbonyl (C=O) groups is 1. The number of amides is 1. The lowest BCUT2D eigenvalue weighted by atomic mass is 10.1. The molecule has 1 amide bonds. The molecule has 5 nitrogen and oxygen atoms in total. The minimum absolute atomic E-state index is 0.0435. The van der Waals surface area contributed by atoms with Crippen molar-refractivity contribution in [2.45, 2.75) is 32.4 Å². The van der Waals surface area contributed by atoms with Crippen LogP contribution in [-0.4, -0.2) is 30.6 Å². The molecular formula is C13H21N3O2. The van der Waals surface area contributed by atoms with Gasteiger partial charge in [0.1, 0.15) is 0 Å². The number of nitrogens with one attached hydrogen (secondary N) is 1. The highest BCUT2D eigenvalue weighted by Gasteiger charge is 2.13. The van der Waals surface area contributed by atoms with Crippen molar-refractivity contribution < 1.29 is 9.53 Å². The molecule has 0 fully saturated rings. The number of nitrogens with zero attached hydrogens (tertiary/aromatic N) is 1. The molecular weight excluding hydrogens is 230 g/mol.